The molecule has 0 amide bonds. The Bertz CT molecular complexity index is 301. The molecule has 0 fully saturated rings. The summed E-state index contributed by atoms with van der Waals surface area (Å²) in [6.45, 7) is 1.82. The van der Waals surface area contributed by atoms with E-state index in [1.54, 1.807) is 17.9 Å². The van der Waals surface area contributed by atoms with Crippen LogP contribution in [0.1, 0.15) is 23.8 Å². The van der Waals surface area contributed by atoms with Crippen LogP contribution in [0.4, 0.5) is 0 Å². The number of aliphatic hydroxyl groups excluding tert-OH is 2. The molecule has 5 heteroatoms. The Kier molecular flexibility index (Phi) is 4.10. The molecule has 1 aromatic rings. The van der Waals surface area contributed by atoms with E-state index in [2.05, 4.69) is 21.0 Å². The minimum Gasteiger partial charge on any atom is -0.390 e. The van der Waals surface area contributed by atoms with Gasteiger partial charge >= 0.3 is 0 Å². The Morgan fingerprint density at radius 2 is 2.21 bits per heavy atom. The van der Waals surface area contributed by atoms with Crippen LogP contribution in [0.25, 0.3) is 0 Å². The van der Waals surface area contributed by atoms with Gasteiger partial charge in [0.15, 0.2) is 0 Å². The van der Waals surface area contributed by atoms with E-state index >= 15 is 0 Å². The number of rotatable bonds is 4. The van der Waals surface area contributed by atoms with Crippen LogP contribution in [-0.2, 0) is 7.05 Å². The molecule has 1 heterocycles. The van der Waals surface area contributed by atoms with Crippen LogP contribution in [0.15, 0.2) is 6.20 Å². The highest BCUT2D eigenvalue weighted by molar-refractivity contribution is 9.09. The van der Waals surface area contributed by atoms with Crippen molar-refractivity contribution in [3.8, 4) is 0 Å². The number of nitrogens with zero attached hydrogens (tertiary/aromatic N) is 2. The predicted octanol–water partition coefficient (Wildman–Crippen LogP) is 0.908. The summed E-state index contributed by atoms with van der Waals surface area (Å²) in [7, 11) is 1.79. The van der Waals surface area contributed by atoms with Gasteiger partial charge in [0.1, 0.15) is 6.10 Å². The van der Waals surface area contributed by atoms with Gasteiger partial charge in [-0.2, -0.15) is 5.10 Å². The van der Waals surface area contributed by atoms with Crippen molar-refractivity contribution >= 4 is 15.9 Å². The van der Waals surface area contributed by atoms with Crippen molar-refractivity contribution in [2.24, 2.45) is 7.05 Å². The lowest BCUT2D eigenvalue weighted by atomic mass is 10.0. The topological polar surface area (TPSA) is 58.3 Å². The first-order chi connectivity index (χ1) is 6.56. The average Bonchev–Trinajstić information content (AvgIpc) is 2.44. The lowest BCUT2D eigenvalue weighted by Crippen LogP contribution is -2.18. The summed E-state index contributed by atoms with van der Waals surface area (Å²) in [4.78, 5) is 0. The van der Waals surface area contributed by atoms with Crippen LogP contribution >= 0.6 is 15.9 Å². The second kappa shape index (κ2) is 4.91. The van der Waals surface area contributed by atoms with E-state index in [0.717, 1.165) is 5.69 Å². The Labute approximate surface area is 91.7 Å². The zero-order valence-electron chi connectivity index (χ0n) is 8.31. The summed E-state index contributed by atoms with van der Waals surface area (Å²) < 4.78 is 1.63. The molecule has 0 bridgehead atoms. The van der Waals surface area contributed by atoms with Gasteiger partial charge in [0.2, 0.25) is 0 Å². The molecule has 14 heavy (non-hydrogen) atoms. The summed E-state index contributed by atoms with van der Waals surface area (Å²) in [5.74, 6) is 0. The lowest BCUT2D eigenvalue weighted by Gasteiger charge is -2.15. The largest absolute Gasteiger partial charge is 0.390 e. The molecule has 1 aromatic heterocycles. The van der Waals surface area contributed by atoms with E-state index in [9.17, 15) is 10.2 Å². The van der Waals surface area contributed by atoms with Gasteiger partial charge in [0, 0.05) is 24.1 Å². The molecule has 0 spiro atoms. The fraction of sp³-hybridized carbons (Fsp3) is 0.667. The number of halogens is 1. The molecule has 0 aliphatic rings. The first-order valence-electron chi connectivity index (χ1n) is 4.48. The number of alkyl halides is 1. The first-order valence-corrected chi connectivity index (χ1v) is 5.60. The van der Waals surface area contributed by atoms with Crippen molar-refractivity contribution < 1.29 is 10.2 Å². The van der Waals surface area contributed by atoms with Crippen LogP contribution in [0.2, 0.25) is 0 Å². The smallest absolute Gasteiger partial charge is 0.108 e. The van der Waals surface area contributed by atoms with Gasteiger partial charge in [-0.1, -0.05) is 15.9 Å². The first kappa shape index (κ1) is 11.7. The summed E-state index contributed by atoms with van der Waals surface area (Å²) in [5, 5.41) is 24.2. The fourth-order valence-corrected chi connectivity index (χ4v) is 1.85. The third-order valence-electron chi connectivity index (χ3n) is 2.14. The van der Waals surface area contributed by atoms with Crippen molar-refractivity contribution in [3.05, 3.63) is 17.5 Å². The normalized spacial score (nSPS) is 15.5. The molecule has 2 N–H and O–H groups in total. The van der Waals surface area contributed by atoms with Crippen LogP contribution in [0.5, 0.6) is 0 Å². The molecule has 4 nitrogen and oxygen atoms in total. The summed E-state index contributed by atoms with van der Waals surface area (Å²) in [5.41, 5.74) is 1.45. The second-order valence-electron chi connectivity index (χ2n) is 3.33. The van der Waals surface area contributed by atoms with Crippen molar-refractivity contribution in [2.45, 2.75) is 25.6 Å². The van der Waals surface area contributed by atoms with E-state index < -0.39 is 12.2 Å². The van der Waals surface area contributed by atoms with E-state index in [4.69, 9.17) is 0 Å². The number of aryl methyl sites for hydroxylation is 2. The molecule has 0 saturated carbocycles. The van der Waals surface area contributed by atoms with Gasteiger partial charge < -0.3 is 10.2 Å². The van der Waals surface area contributed by atoms with Gasteiger partial charge in [0.05, 0.1) is 11.8 Å². The quantitative estimate of drug-likeness (QED) is 0.794. The number of aromatic nitrogens is 2. The summed E-state index contributed by atoms with van der Waals surface area (Å²) >= 11 is 3.22. The maximum atomic E-state index is 9.79. The molecule has 0 saturated heterocycles. The Morgan fingerprint density at radius 3 is 2.64 bits per heavy atom. The molecule has 0 aliphatic carbocycles. The Balaban J connectivity index is 2.77. The molecular weight excluding hydrogens is 248 g/mol. The molecule has 0 radical (unpaired) electrons. The lowest BCUT2D eigenvalue weighted by molar-refractivity contribution is 0.0169. The van der Waals surface area contributed by atoms with Crippen LogP contribution < -0.4 is 0 Å². The van der Waals surface area contributed by atoms with Crippen molar-refractivity contribution in [1.29, 1.82) is 0 Å². The number of hydrogen-bond donors (Lipinski definition) is 2. The van der Waals surface area contributed by atoms with E-state index in [1.807, 2.05) is 6.92 Å². The van der Waals surface area contributed by atoms with Crippen LogP contribution in [0.3, 0.4) is 0 Å². The van der Waals surface area contributed by atoms with Gasteiger partial charge in [-0.3, -0.25) is 4.68 Å². The van der Waals surface area contributed by atoms with Crippen LogP contribution in [0, 0.1) is 6.92 Å². The molecule has 2 unspecified atom stereocenters. The van der Waals surface area contributed by atoms with Crippen molar-refractivity contribution in [1.82, 2.24) is 9.78 Å². The third-order valence-corrected chi connectivity index (χ3v) is 2.60. The van der Waals surface area contributed by atoms with Crippen molar-refractivity contribution in [2.75, 3.05) is 5.33 Å². The zero-order chi connectivity index (χ0) is 10.7. The van der Waals surface area contributed by atoms with E-state index in [0.29, 0.717) is 17.3 Å². The third kappa shape index (κ3) is 2.56. The fourth-order valence-electron chi connectivity index (χ4n) is 1.39. The molecule has 0 aromatic carbocycles. The van der Waals surface area contributed by atoms with Gasteiger partial charge in [-0.15, -0.1) is 0 Å². The summed E-state index contributed by atoms with van der Waals surface area (Å²) in [6.07, 6.45) is 0.672. The SMILES string of the molecule is Cc1nn(C)cc1C(O)C(O)CCBr. The van der Waals surface area contributed by atoms with E-state index in [-0.39, 0.29) is 0 Å². The van der Waals surface area contributed by atoms with E-state index in [1.165, 1.54) is 0 Å². The zero-order valence-corrected chi connectivity index (χ0v) is 9.90. The van der Waals surface area contributed by atoms with Gasteiger partial charge in [-0.05, 0) is 13.3 Å². The molecule has 2 atom stereocenters. The molecule has 1 rings (SSSR count). The predicted molar refractivity (Wildman–Crippen MR) is 57.3 cm³/mol. The minimum atomic E-state index is -0.846. The maximum Gasteiger partial charge on any atom is 0.108 e. The highest BCUT2D eigenvalue weighted by atomic mass is 79.9. The van der Waals surface area contributed by atoms with Gasteiger partial charge in [0.25, 0.3) is 0 Å². The highest BCUT2D eigenvalue weighted by Gasteiger charge is 2.21. The van der Waals surface area contributed by atoms with Gasteiger partial charge in [-0.25, -0.2) is 0 Å². The van der Waals surface area contributed by atoms with Crippen LogP contribution in [-0.4, -0.2) is 31.4 Å². The average molecular weight is 263 g/mol. The highest BCUT2D eigenvalue weighted by Crippen LogP contribution is 2.21. The Hall–Kier alpha value is -0.390. The second-order valence-corrected chi connectivity index (χ2v) is 4.13. The number of hydrogen-bond acceptors (Lipinski definition) is 3. The Morgan fingerprint density at radius 1 is 1.57 bits per heavy atom. The summed E-state index contributed by atoms with van der Waals surface area (Å²) in [6, 6.07) is 0. The number of aliphatic hydroxyl groups is 2. The molecule has 80 valence electrons. The van der Waals surface area contributed by atoms with Crippen molar-refractivity contribution in [3.63, 3.8) is 0 Å². The maximum absolute atomic E-state index is 9.79. The monoisotopic (exact) mass is 262 g/mol. The minimum absolute atomic E-state index is 0.523. The molecule has 0 aliphatic heterocycles. The standard InChI is InChI=1S/C9H15BrN2O2/c1-6-7(5-12(2)11-6)9(14)8(13)3-4-10/h5,8-9,13-14H,3-4H2,1-2H3. The molecular formula is C9H15BrN2O2.